The summed E-state index contributed by atoms with van der Waals surface area (Å²) < 4.78 is 10.4. The molecule has 1 aromatic carbocycles. The molecule has 0 saturated carbocycles. The van der Waals surface area contributed by atoms with Gasteiger partial charge in [0.2, 0.25) is 0 Å². The number of rotatable bonds is 8. The van der Waals surface area contributed by atoms with Crippen molar-refractivity contribution >= 4 is 6.09 Å². The third kappa shape index (κ3) is 9.38. The number of carbonyl (C=O) groups is 1. The second-order valence-corrected chi connectivity index (χ2v) is 6.05. The first kappa shape index (κ1) is 18.8. The minimum atomic E-state index is -0.471. The van der Waals surface area contributed by atoms with Gasteiger partial charge < -0.3 is 20.1 Å². The van der Waals surface area contributed by atoms with E-state index in [1.165, 1.54) is 0 Å². The number of nitrogens with one attached hydrogen (secondary N) is 2. The van der Waals surface area contributed by atoms with Crippen LogP contribution in [-0.4, -0.2) is 31.4 Å². The van der Waals surface area contributed by atoms with Crippen LogP contribution in [0.1, 0.15) is 32.8 Å². The fourth-order valence-corrected chi connectivity index (χ4v) is 1.81. The van der Waals surface area contributed by atoms with Crippen molar-refractivity contribution in [1.82, 2.24) is 10.6 Å². The Morgan fingerprint density at radius 3 is 2.78 bits per heavy atom. The first-order chi connectivity index (χ1) is 10.9. The van der Waals surface area contributed by atoms with E-state index in [0.717, 1.165) is 18.5 Å². The van der Waals surface area contributed by atoms with Crippen LogP contribution in [0.2, 0.25) is 0 Å². The Kier molecular flexibility index (Phi) is 7.92. The van der Waals surface area contributed by atoms with Crippen LogP contribution in [-0.2, 0) is 11.3 Å². The number of benzene rings is 1. The highest BCUT2D eigenvalue weighted by molar-refractivity contribution is 5.67. The summed E-state index contributed by atoms with van der Waals surface area (Å²) in [5.74, 6) is 0.692. The smallest absolute Gasteiger partial charge is 0.407 e. The Balaban J connectivity index is 2.16. The molecule has 0 spiro atoms. The normalized spacial score (nSPS) is 10.7. The molecule has 6 nitrogen and oxygen atoms in total. The van der Waals surface area contributed by atoms with Crippen LogP contribution in [0.15, 0.2) is 24.3 Å². The zero-order valence-corrected chi connectivity index (χ0v) is 14.0. The molecular weight excluding hydrogens is 294 g/mol. The minimum Gasteiger partial charge on any atom is -0.479 e. The van der Waals surface area contributed by atoms with Crippen molar-refractivity contribution in [1.29, 1.82) is 5.26 Å². The fraction of sp³-hybridized carbons (Fsp3) is 0.529. The summed E-state index contributed by atoms with van der Waals surface area (Å²) in [6.07, 6.45) is 0.420. The lowest BCUT2D eigenvalue weighted by Gasteiger charge is -2.19. The van der Waals surface area contributed by atoms with E-state index in [1.807, 2.05) is 51.1 Å². The van der Waals surface area contributed by atoms with Crippen LogP contribution in [0.5, 0.6) is 5.75 Å². The van der Waals surface area contributed by atoms with E-state index < -0.39 is 5.60 Å². The van der Waals surface area contributed by atoms with E-state index in [9.17, 15) is 4.79 Å². The van der Waals surface area contributed by atoms with Crippen molar-refractivity contribution in [2.45, 2.75) is 39.3 Å². The summed E-state index contributed by atoms with van der Waals surface area (Å²) in [7, 11) is 0. The molecule has 0 aliphatic carbocycles. The average Bonchev–Trinajstić information content (AvgIpc) is 2.47. The summed E-state index contributed by atoms with van der Waals surface area (Å²) in [6, 6.07) is 9.56. The lowest BCUT2D eigenvalue weighted by molar-refractivity contribution is 0.0527. The number of amides is 1. The van der Waals surface area contributed by atoms with Crippen molar-refractivity contribution in [3.05, 3.63) is 29.8 Å². The van der Waals surface area contributed by atoms with Gasteiger partial charge in [0.25, 0.3) is 0 Å². The van der Waals surface area contributed by atoms with E-state index in [1.54, 1.807) is 0 Å². The predicted octanol–water partition coefficient (Wildman–Crippen LogP) is 2.59. The van der Waals surface area contributed by atoms with Gasteiger partial charge in [0, 0.05) is 13.1 Å². The number of nitrogens with zero attached hydrogens (tertiary/aromatic N) is 1. The summed E-state index contributed by atoms with van der Waals surface area (Å²) in [6.45, 7) is 7.60. The van der Waals surface area contributed by atoms with Crippen LogP contribution in [0.3, 0.4) is 0 Å². The first-order valence-corrected chi connectivity index (χ1v) is 7.67. The molecule has 0 saturated heterocycles. The van der Waals surface area contributed by atoms with E-state index in [2.05, 4.69) is 10.6 Å². The molecule has 0 heterocycles. The maximum Gasteiger partial charge on any atom is 0.407 e. The predicted molar refractivity (Wildman–Crippen MR) is 88.1 cm³/mol. The van der Waals surface area contributed by atoms with Gasteiger partial charge in [-0.1, -0.05) is 12.1 Å². The quantitative estimate of drug-likeness (QED) is 0.720. The van der Waals surface area contributed by atoms with Crippen LogP contribution >= 0.6 is 0 Å². The first-order valence-electron chi connectivity index (χ1n) is 7.67. The second-order valence-electron chi connectivity index (χ2n) is 6.05. The number of alkyl carbamates (subject to hydrolysis) is 1. The van der Waals surface area contributed by atoms with Crippen molar-refractivity contribution in [2.75, 3.05) is 19.7 Å². The minimum absolute atomic E-state index is 0.0488. The Hall–Kier alpha value is -2.26. The molecular formula is C17H25N3O3. The molecule has 1 aromatic rings. The van der Waals surface area contributed by atoms with Gasteiger partial charge in [-0.15, -0.1) is 0 Å². The van der Waals surface area contributed by atoms with Crippen LogP contribution in [0, 0.1) is 11.3 Å². The molecule has 0 aliphatic rings. The van der Waals surface area contributed by atoms with Crippen molar-refractivity contribution in [3.63, 3.8) is 0 Å². The molecule has 0 atom stereocenters. The Morgan fingerprint density at radius 2 is 2.09 bits per heavy atom. The van der Waals surface area contributed by atoms with Gasteiger partial charge in [-0.25, -0.2) is 4.79 Å². The summed E-state index contributed by atoms with van der Waals surface area (Å²) in [5, 5.41) is 14.5. The molecule has 2 N–H and O–H groups in total. The highest BCUT2D eigenvalue weighted by atomic mass is 16.6. The topological polar surface area (TPSA) is 83.4 Å². The van der Waals surface area contributed by atoms with Gasteiger partial charge in [0.05, 0.1) is 0 Å². The number of nitriles is 1. The lowest BCUT2D eigenvalue weighted by Crippen LogP contribution is -2.33. The Labute approximate surface area is 137 Å². The monoisotopic (exact) mass is 319 g/mol. The number of carbonyl (C=O) groups excluding carboxylic acids is 1. The molecule has 0 bridgehead atoms. The number of ether oxygens (including phenoxy) is 2. The van der Waals surface area contributed by atoms with E-state index in [-0.39, 0.29) is 12.7 Å². The molecule has 0 aromatic heterocycles. The zero-order chi connectivity index (χ0) is 17.1. The number of hydrogen-bond donors (Lipinski definition) is 2. The highest BCUT2D eigenvalue weighted by Gasteiger charge is 2.15. The zero-order valence-electron chi connectivity index (χ0n) is 14.0. The van der Waals surface area contributed by atoms with Gasteiger partial charge in [0.1, 0.15) is 17.4 Å². The van der Waals surface area contributed by atoms with Gasteiger partial charge >= 0.3 is 6.09 Å². The molecule has 0 unspecified atom stereocenters. The van der Waals surface area contributed by atoms with Crippen LogP contribution < -0.4 is 15.4 Å². The third-order valence-electron chi connectivity index (χ3n) is 2.73. The third-order valence-corrected chi connectivity index (χ3v) is 2.73. The average molecular weight is 319 g/mol. The standard InChI is InChI=1S/C17H25N3O3/c1-17(2,3)23-16(21)20-10-5-9-19-13-14-6-4-7-15(12-14)22-11-8-18/h4,6-7,12,19H,5,9-11,13H2,1-3H3,(H,20,21). The van der Waals surface area contributed by atoms with E-state index >= 15 is 0 Å². The van der Waals surface area contributed by atoms with E-state index in [0.29, 0.717) is 18.8 Å². The molecule has 0 radical (unpaired) electrons. The van der Waals surface area contributed by atoms with Gasteiger partial charge in [-0.2, -0.15) is 5.26 Å². The van der Waals surface area contributed by atoms with Gasteiger partial charge in [-0.05, 0) is 51.4 Å². The lowest BCUT2D eigenvalue weighted by atomic mass is 10.2. The van der Waals surface area contributed by atoms with Crippen LogP contribution in [0.4, 0.5) is 4.79 Å². The maximum absolute atomic E-state index is 11.4. The highest BCUT2D eigenvalue weighted by Crippen LogP contribution is 2.12. The summed E-state index contributed by atoms with van der Waals surface area (Å²) in [4.78, 5) is 11.4. The van der Waals surface area contributed by atoms with Crippen molar-refractivity contribution in [3.8, 4) is 11.8 Å². The number of hydrogen-bond acceptors (Lipinski definition) is 5. The van der Waals surface area contributed by atoms with E-state index in [4.69, 9.17) is 14.7 Å². The van der Waals surface area contributed by atoms with Gasteiger partial charge in [-0.3, -0.25) is 0 Å². The maximum atomic E-state index is 11.4. The van der Waals surface area contributed by atoms with Gasteiger partial charge in [0.15, 0.2) is 6.61 Å². The molecule has 0 fully saturated rings. The molecule has 1 amide bonds. The summed E-state index contributed by atoms with van der Waals surface area (Å²) in [5.41, 5.74) is 0.613. The molecule has 6 heteroatoms. The Bertz CT molecular complexity index is 533. The summed E-state index contributed by atoms with van der Waals surface area (Å²) >= 11 is 0. The Morgan fingerprint density at radius 1 is 1.30 bits per heavy atom. The molecule has 1 rings (SSSR count). The molecule has 0 aliphatic heterocycles. The molecule has 126 valence electrons. The van der Waals surface area contributed by atoms with Crippen molar-refractivity contribution in [2.24, 2.45) is 0 Å². The SMILES string of the molecule is CC(C)(C)OC(=O)NCCCNCc1cccc(OCC#N)c1. The second kappa shape index (κ2) is 9.70. The van der Waals surface area contributed by atoms with Crippen LogP contribution in [0.25, 0.3) is 0 Å². The molecule has 23 heavy (non-hydrogen) atoms. The fourth-order valence-electron chi connectivity index (χ4n) is 1.81. The largest absolute Gasteiger partial charge is 0.479 e. The van der Waals surface area contributed by atoms with Crippen molar-refractivity contribution < 1.29 is 14.3 Å².